The van der Waals surface area contributed by atoms with Crippen LogP contribution >= 0.6 is 11.3 Å². The van der Waals surface area contributed by atoms with E-state index in [1.165, 1.54) is 17.0 Å². The molecule has 0 unspecified atom stereocenters. The molecule has 0 saturated carbocycles. The van der Waals surface area contributed by atoms with Gasteiger partial charge in [-0.2, -0.15) is 11.3 Å². The molecule has 1 heterocycles. The van der Waals surface area contributed by atoms with Gasteiger partial charge in [0.1, 0.15) is 12.4 Å². The average Bonchev–Trinajstić information content (AvgIpc) is 2.99. The van der Waals surface area contributed by atoms with Crippen molar-refractivity contribution in [3.8, 4) is 0 Å². The van der Waals surface area contributed by atoms with Crippen LogP contribution in [0.1, 0.15) is 17.5 Å². The van der Waals surface area contributed by atoms with E-state index in [2.05, 4.69) is 0 Å². The zero-order valence-electron chi connectivity index (χ0n) is 11.9. The van der Waals surface area contributed by atoms with Gasteiger partial charge in [0.25, 0.3) is 0 Å². The van der Waals surface area contributed by atoms with Crippen molar-refractivity contribution in [2.45, 2.75) is 19.4 Å². The highest BCUT2D eigenvalue weighted by molar-refractivity contribution is 7.07. The molecule has 2 aromatic rings. The van der Waals surface area contributed by atoms with Crippen LogP contribution in [-0.4, -0.2) is 28.4 Å². The first-order valence-corrected chi connectivity index (χ1v) is 7.74. The number of carboxylic acids is 1. The van der Waals surface area contributed by atoms with Gasteiger partial charge < -0.3 is 10.0 Å². The summed E-state index contributed by atoms with van der Waals surface area (Å²) in [4.78, 5) is 24.5. The van der Waals surface area contributed by atoms with Crippen LogP contribution in [0.15, 0.2) is 41.1 Å². The fourth-order valence-electron chi connectivity index (χ4n) is 2.05. The topological polar surface area (TPSA) is 57.6 Å². The Morgan fingerprint density at radius 3 is 2.45 bits per heavy atom. The SMILES string of the molecule is O=C(O)CN(Cc1ccc(F)cc1)C(=O)CCc1ccsc1. The minimum atomic E-state index is -1.06. The summed E-state index contributed by atoms with van der Waals surface area (Å²) >= 11 is 1.56. The number of thiophene rings is 1. The molecule has 1 aromatic heterocycles. The minimum Gasteiger partial charge on any atom is -0.480 e. The third kappa shape index (κ3) is 4.96. The Kier molecular flexibility index (Phi) is 5.66. The number of aryl methyl sites for hydroxylation is 1. The van der Waals surface area contributed by atoms with Gasteiger partial charge in [-0.1, -0.05) is 12.1 Å². The Hall–Kier alpha value is -2.21. The minimum absolute atomic E-state index is 0.162. The van der Waals surface area contributed by atoms with Gasteiger partial charge in [-0.3, -0.25) is 9.59 Å². The Morgan fingerprint density at radius 1 is 1.14 bits per heavy atom. The molecule has 0 aliphatic heterocycles. The van der Waals surface area contributed by atoms with Crippen molar-refractivity contribution in [3.05, 3.63) is 58.0 Å². The molecule has 4 nitrogen and oxygen atoms in total. The highest BCUT2D eigenvalue weighted by Crippen LogP contribution is 2.12. The van der Waals surface area contributed by atoms with Crippen LogP contribution in [0.2, 0.25) is 0 Å². The summed E-state index contributed by atoms with van der Waals surface area (Å²) in [5.74, 6) is -1.65. The summed E-state index contributed by atoms with van der Waals surface area (Å²) < 4.78 is 12.9. The zero-order valence-corrected chi connectivity index (χ0v) is 12.7. The van der Waals surface area contributed by atoms with E-state index in [0.717, 1.165) is 5.56 Å². The summed E-state index contributed by atoms with van der Waals surface area (Å²) in [6.45, 7) is -0.200. The fraction of sp³-hybridized carbons (Fsp3) is 0.250. The Morgan fingerprint density at radius 2 is 1.86 bits per heavy atom. The molecule has 0 bridgehead atoms. The molecule has 116 valence electrons. The average molecular weight is 321 g/mol. The molecule has 1 amide bonds. The van der Waals surface area contributed by atoms with Crippen LogP contribution in [0.25, 0.3) is 0 Å². The number of hydrogen-bond acceptors (Lipinski definition) is 3. The van der Waals surface area contributed by atoms with E-state index in [9.17, 15) is 14.0 Å². The normalized spacial score (nSPS) is 10.4. The summed E-state index contributed by atoms with van der Waals surface area (Å²) in [7, 11) is 0. The smallest absolute Gasteiger partial charge is 0.323 e. The third-order valence-corrected chi connectivity index (χ3v) is 3.91. The van der Waals surface area contributed by atoms with Gasteiger partial charge in [-0.05, 0) is 46.5 Å². The zero-order chi connectivity index (χ0) is 15.9. The van der Waals surface area contributed by atoms with E-state index in [0.29, 0.717) is 12.0 Å². The molecule has 1 N–H and O–H groups in total. The van der Waals surface area contributed by atoms with Crippen molar-refractivity contribution in [2.24, 2.45) is 0 Å². The largest absolute Gasteiger partial charge is 0.480 e. The number of carbonyl (C=O) groups is 2. The van der Waals surface area contributed by atoms with Gasteiger partial charge >= 0.3 is 5.97 Å². The number of benzene rings is 1. The van der Waals surface area contributed by atoms with Crippen molar-refractivity contribution >= 4 is 23.2 Å². The summed E-state index contributed by atoms with van der Waals surface area (Å²) in [5, 5.41) is 12.9. The van der Waals surface area contributed by atoms with Crippen LogP contribution < -0.4 is 0 Å². The van der Waals surface area contributed by atoms with E-state index in [1.807, 2.05) is 16.8 Å². The molecule has 6 heteroatoms. The molecule has 22 heavy (non-hydrogen) atoms. The summed E-state index contributed by atoms with van der Waals surface area (Å²) in [6, 6.07) is 7.64. The molecule has 0 aliphatic rings. The maximum absolute atomic E-state index is 12.9. The molecular weight excluding hydrogens is 305 g/mol. The number of nitrogens with zero attached hydrogens (tertiary/aromatic N) is 1. The quantitative estimate of drug-likeness (QED) is 0.853. The first-order valence-electron chi connectivity index (χ1n) is 6.79. The molecule has 1 aromatic carbocycles. The van der Waals surface area contributed by atoms with E-state index < -0.39 is 5.97 Å². The van der Waals surface area contributed by atoms with Gasteiger partial charge in [-0.25, -0.2) is 4.39 Å². The maximum atomic E-state index is 12.9. The Bertz CT molecular complexity index is 625. The molecule has 0 fully saturated rings. The highest BCUT2D eigenvalue weighted by atomic mass is 32.1. The van der Waals surface area contributed by atoms with Crippen LogP contribution in [-0.2, 0) is 22.6 Å². The van der Waals surface area contributed by atoms with Gasteiger partial charge in [0, 0.05) is 13.0 Å². The maximum Gasteiger partial charge on any atom is 0.323 e. The Labute approximate surface area is 131 Å². The van der Waals surface area contributed by atoms with E-state index >= 15 is 0 Å². The fourth-order valence-corrected chi connectivity index (χ4v) is 2.75. The number of rotatable bonds is 7. The van der Waals surface area contributed by atoms with Crippen molar-refractivity contribution in [2.75, 3.05) is 6.54 Å². The summed E-state index contributed by atoms with van der Waals surface area (Å²) in [6.07, 6.45) is 0.840. The lowest BCUT2D eigenvalue weighted by Crippen LogP contribution is -2.35. The number of amides is 1. The monoisotopic (exact) mass is 321 g/mol. The molecule has 2 rings (SSSR count). The number of halogens is 1. The molecule has 0 radical (unpaired) electrons. The second-order valence-electron chi connectivity index (χ2n) is 4.90. The molecule has 0 atom stereocenters. The lowest BCUT2D eigenvalue weighted by molar-refractivity contribution is -0.144. The van der Waals surface area contributed by atoms with E-state index in [4.69, 9.17) is 5.11 Å². The van der Waals surface area contributed by atoms with E-state index in [1.54, 1.807) is 23.5 Å². The van der Waals surface area contributed by atoms with Gasteiger partial charge in [0.15, 0.2) is 0 Å². The third-order valence-electron chi connectivity index (χ3n) is 3.17. The second kappa shape index (κ2) is 7.70. The molecule has 0 aliphatic carbocycles. The highest BCUT2D eigenvalue weighted by Gasteiger charge is 2.17. The lowest BCUT2D eigenvalue weighted by Gasteiger charge is -2.21. The number of carbonyl (C=O) groups excluding carboxylic acids is 1. The molecule has 0 spiro atoms. The van der Waals surface area contributed by atoms with Crippen molar-refractivity contribution in [1.29, 1.82) is 0 Å². The second-order valence-corrected chi connectivity index (χ2v) is 5.68. The predicted octanol–water partition coefficient (Wildman–Crippen LogP) is 2.93. The van der Waals surface area contributed by atoms with Crippen LogP contribution in [0, 0.1) is 5.82 Å². The standard InChI is InChI=1S/C16H16FNO3S/c17-14-4-1-12(2-5-14)9-18(10-16(20)21)15(19)6-3-13-7-8-22-11-13/h1-2,4-5,7-8,11H,3,6,9-10H2,(H,20,21). The van der Waals surface area contributed by atoms with E-state index in [-0.39, 0.29) is 31.2 Å². The first kappa shape index (κ1) is 16.2. The lowest BCUT2D eigenvalue weighted by atomic mass is 10.1. The van der Waals surface area contributed by atoms with Gasteiger partial charge in [-0.15, -0.1) is 0 Å². The first-order chi connectivity index (χ1) is 10.5. The molecule has 0 saturated heterocycles. The number of hydrogen-bond donors (Lipinski definition) is 1. The van der Waals surface area contributed by atoms with Crippen LogP contribution in [0.5, 0.6) is 0 Å². The Balaban J connectivity index is 1.99. The summed E-state index contributed by atoms with van der Waals surface area (Å²) in [5.41, 5.74) is 1.77. The van der Waals surface area contributed by atoms with Crippen LogP contribution in [0.4, 0.5) is 4.39 Å². The number of carboxylic acid groups (broad SMARTS) is 1. The van der Waals surface area contributed by atoms with Crippen LogP contribution in [0.3, 0.4) is 0 Å². The predicted molar refractivity (Wildman–Crippen MR) is 82.1 cm³/mol. The number of aliphatic carboxylic acids is 1. The van der Waals surface area contributed by atoms with Gasteiger partial charge in [0.05, 0.1) is 0 Å². The van der Waals surface area contributed by atoms with Crippen molar-refractivity contribution in [3.63, 3.8) is 0 Å². The van der Waals surface area contributed by atoms with Gasteiger partial charge in [0.2, 0.25) is 5.91 Å². The van der Waals surface area contributed by atoms with Crippen molar-refractivity contribution < 1.29 is 19.1 Å². The van der Waals surface area contributed by atoms with Crippen molar-refractivity contribution in [1.82, 2.24) is 4.90 Å². The molecular formula is C16H16FNO3S.